The summed E-state index contributed by atoms with van der Waals surface area (Å²) in [5, 5.41) is 10.1. The first kappa shape index (κ1) is 21.3. The zero-order chi connectivity index (χ0) is 23.1. The number of halogens is 1. The van der Waals surface area contributed by atoms with E-state index in [2.05, 4.69) is 38.6 Å². The van der Waals surface area contributed by atoms with Crippen LogP contribution in [-0.4, -0.2) is 36.4 Å². The second-order valence-electron chi connectivity index (χ2n) is 7.71. The average molecular weight is 505 g/mol. The number of aromatic nitrogens is 5. The van der Waals surface area contributed by atoms with Crippen molar-refractivity contribution in [3.8, 4) is 16.9 Å². The number of hydrogen-bond acceptors (Lipinski definition) is 7. The molecule has 168 valence electrons. The Labute approximate surface area is 208 Å². The average Bonchev–Trinajstić information content (AvgIpc) is 3.47. The number of benzene rings is 2. The number of thiazole rings is 1. The maximum Gasteiger partial charge on any atom is 0.236 e. The van der Waals surface area contributed by atoms with Crippen LogP contribution in [0.1, 0.15) is 10.4 Å². The molecule has 0 atom stereocenters. The van der Waals surface area contributed by atoms with Gasteiger partial charge in [0, 0.05) is 10.4 Å². The van der Waals surface area contributed by atoms with Gasteiger partial charge in [-0.15, -0.1) is 11.3 Å². The molecular formula is C24H17ClN6OS2. The highest BCUT2D eigenvalue weighted by atomic mass is 35.5. The fourth-order valence-corrected chi connectivity index (χ4v) is 6.00. The third-order valence-electron chi connectivity index (χ3n) is 5.59. The molecule has 5 aromatic rings. The summed E-state index contributed by atoms with van der Waals surface area (Å²) in [4.78, 5) is 27.4. The van der Waals surface area contributed by atoms with Crippen LogP contribution >= 0.6 is 34.7 Å². The fourth-order valence-electron chi connectivity index (χ4n) is 4.03. The molecule has 2 aromatic carbocycles. The summed E-state index contributed by atoms with van der Waals surface area (Å²) in [7, 11) is 0. The summed E-state index contributed by atoms with van der Waals surface area (Å²) < 4.78 is 1.68. The van der Waals surface area contributed by atoms with E-state index in [4.69, 9.17) is 16.6 Å². The Balaban J connectivity index is 1.18. The Kier molecular flexibility index (Phi) is 5.52. The monoisotopic (exact) mass is 504 g/mol. The molecule has 3 heterocycles. The van der Waals surface area contributed by atoms with E-state index in [-0.39, 0.29) is 11.7 Å². The van der Waals surface area contributed by atoms with Crippen molar-refractivity contribution in [3.63, 3.8) is 0 Å². The smallest absolute Gasteiger partial charge is 0.236 e. The lowest BCUT2D eigenvalue weighted by atomic mass is 9.94. The van der Waals surface area contributed by atoms with Gasteiger partial charge in [-0.3, -0.25) is 4.79 Å². The topological polar surface area (TPSA) is 85.6 Å². The van der Waals surface area contributed by atoms with E-state index in [1.807, 2.05) is 24.3 Å². The maximum atomic E-state index is 12.7. The normalized spacial score (nSPS) is 12.4. The predicted molar refractivity (Wildman–Crippen MR) is 136 cm³/mol. The summed E-state index contributed by atoms with van der Waals surface area (Å²) in [5.74, 6) is 0.0687. The number of fused-ring (bicyclic) bond motifs is 4. The molecule has 6 rings (SSSR count). The second-order valence-corrected chi connectivity index (χ2v) is 10.2. The molecule has 0 radical (unpaired) electrons. The minimum atomic E-state index is -0.130. The summed E-state index contributed by atoms with van der Waals surface area (Å²) in [5.41, 5.74) is 4.82. The summed E-state index contributed by atoms with van der Waals surface area (Å²) in [6.07, 6.45) is 5.12. The zero-order valence-electron chi connectivity index (χ0n) is 17.7. The highest BCUT2D eigenvalue weighted by Crippen LogP contribution is 2.38. The first-order chi connectivity index (χ1) is 16.7. The molecule has 0 bridgehead atoms. The Hall–Kier alpha value is -3.27. The number of para-hydroxylation sites is 1. The summed E-state index contributed by atoms with van der Waals surface area (Å²) in [6, 6.07) is 15.8. The Morgan fingerprint density at radius 1 is 1.12 bits per heavy atom. The number of amides is 1. The zero-order valence-corrected chi connectivity index (χ0v) is 20.1. The number of rotatable bonds is 5. The molecule has 3 aromatic heterocycles. The highest BCUT2D eigenvalue weighted by molar-refractivity contribution is 8.00. The molecule has 34 heavy (non-hydrogen) atoms. The quantitative estimate of drug-likeness (QED) is 0.254. The Morgan fingerprint density at radius 2 is 1.97 bits per heavy atom. The lowest BCUT2D eigenvalue weighted by molar-refractivity contribution is -0.113. The SMILES string of the molecule is O=C(CSc1ncnc2c1cnn2-c1ccccc1Cl)Nc1nc2c(s1)CCc1ccccc1-2. The fraction of sp³-hybridized carbons (Fsp3) is 0.125. The third-order valence-corrected chi connectivity index (χ3v) is 7.94. The van der Waals surface area contributed by atoms with Gasteiger partial charge in [0.1, 0.15) is 11.4 Å². The number of carbonyl (C=O) groups is 1. The van der Waals surface area contributed by atoms with Crippen LogP contribution in [0.15, 0.2) is 66.1 Å². The molecule has 0 fully saturated rings. The molecule has 1 aliphatic rings. The standard InChI is InChI=1S/C24H17ClN6OS2/c25-17-7-3-4-8-18(17)31-22-16(11-28-31)23(27-13-26-22)33-12-20(32)29-24-30-21-15-6-2-1-5-14(15)9-10-19(21)34-24/h1-8,11,13H,9-10,12H2,(H,29,30,32). The van der Waals surface area contributed by atoms with Gasteiger partial charge in [-0.1, -0.05) is 59.8 Å². The molecule has 0 unspecified atom stereocenters. The van der Waals surface area contributed by atoms with Gasteiger partial charge in [0.25, 0.3) is 0 Å². The number of carbonyl (C=O) groups excluding carboxylic acids is 1. The van der Waals surface area contributed by atoms with Gasteiger partial charge in [0.2, 0.25) is 5.91 Å². The van der Waals surface area contributed by atoms with Crippen molar-refractivity contribution < 1.29 is 4.79 Å². The van der Waals surface area contributed by atoms with E-state index in [1.165, 1.54) is 28.5 Å². The first-order valence-corrected chi connectivity index (χ1v) is 12.8. The van der Waals surface area contributed by atoms with Crippen LogP contribution in [0, 0.1) is 0 Å². The third kappa shape index (κ3) is 3.85. The molecule has 1 N–H and O–H groups in total. The molecule has 0 spiro atoms. The highest BCUT2D eigenvalue weighted by Gasteiger charge is 2.21. The van der Waals surface area contributed by atoms with Crippen LogP contribution in [0.4, 0.5) is 5.13 Å². The predicted octanol–water partition coefficient (Wildman–Crippen LogP) is 5.42. The maximum absolute atomic E-state index is 12.7. The molecule has 0 aliphatic heterocycles. The van der Waals surface area contributed by atoms with Gasteiger partial charge in [-0.25, -0.2) is 19.6 Å². The molecule has 1 aliphatic carbocycles. The van der Waals surface area contributed by atoms with E-state index in [0.717, 1.165) is 35.2 Å². The van der Waals surface area contributed by atoms with Crippen LogP contribution < -0.4 is 5.32 Å². The van der Waals surface area contributed by atoms with Crippen LogP contribution in [-0.2, 0) is 17.6 Å². The van der Waals surface area contributed by atoms with Crippen LogP contribution in [0.2, 0.25) is 5.02 Å². The molecular weight excluding hydrogens is 488 g/mol. The number of thioether (sulfide) groups is 1. The molecule has 7 nitrogen and oxygen atoms in total. The molecule has 10 heteroatoms. The molecule has 0 saturated heterocycles. The largest absolute Gasteiger partial charge is 0.301 e. The van der Waals surface area contributed by atoms with E-state index in [9.17, 15) is 4.79 Å². The van der Waals surface area contributed by atoms with Crippen molar-refractivity contribution in [3.05, 3.63) is 76.5 Å². The minimum absolute atomic E-state index is 0.130. The van der Waals surface area contributed by atoms with Gasteiger partial charge in [0.05, 0.1) is 33.7 Å². The Morgan fingerprint density at radius 3 is 2.88 bits per heavy atom. The van der Waals surface area contributed by atoms with E-state index in [0.29, 0.717) is 20.8 Å². The summed E-state index contributed by atoms with van der Waals surface area (Å²) in [6.45, 7) is 0. The molecule has 0 saturated carbocycles. The van der Waals surface area contributed by atoms with Crippen LogP contribution in [0.25, 0.3) is 28.0 Å². The van der Waals surface area contributed by atoms with Crippen LogP contribution in [0.3, 0.4) is 0 Å². The Bertz CT molecular complexity index is 1550. The van der Waals surface area contributed by atoms with Gasteiger partial charge >= 0.3 is 0 Å². The van der Waals surface area contributed by atoms with Gasteiger partial charge in [-0.05, 0) is 30.5 Å². The summed E-state index contributed by atoms with van der Waals surface area (Å²) >= 11 is 9.22. The molecule has 1 amide bonds. The van der Waals surface area contributed by atoms with Crippen molar-refractivity contribution in [1.29, 1.82) is 0 Å². The minimum Gasteiger partial charge on any atom is -0.301 e. The lowest BCUT2D eigenvalue weighted by Gasteiger charge is -2.13. The van der Waals surface area contributed by atoms with Gasteiger partial charge < -0.3 is 5.32 Å². The number of anilines is 1. The number of nitrogens with one attached hydrogen (secondary N) is 1. The van der Waals surface area contributed by atoms with E-state index in [1.54, 1.807) is 28.3 Å². The van der Waals surface area contributed by atoms with Gasteiger partial charge in [-0.2, -0.15) is 5.10 Å². The number of hydrogen-bond donors (Lipinski definition) is 1. The van der Waals surface area contributed by atoms with Crippen molar-refractivity contribution >= 4 is 56.8 Å². The van der Waals surface area contributed by atoms with Crippen molar-refractivity contribution in [2.45, 2.75) is 17.9 Å². The van der Waals surface area contributed by atoms with Gasteiger partial charge in [0.15, 0.2) is 10.8 Å². The second kappa shape index (κ2) is 8.83. The van der Waals surface area contributed by atoms with E-state index < -0.39 is 0 Å². The number of nitrogens with zero attached hydrogens (tertiary/aromatic N) is 5. The van der Waals surface area contributed by atoms with Crippen molar-refractivity contribution in [2.24, 2.45) is 0 Å². The number of aryl methyl sites for hydroxylation is 2. The van der Waals surface area contributed by atoms with Crippen molar-refractivity contribution in [1.82, 2.24) is 24.7 Å². The van der Waals surface area contributed by atoms with E-state index >= 15 is 0 Å². The lowest BCUT2D eigenvalue weighted by Crippen LogP contribution is -2.14. The van der Waals surface area contributed by atoms with Crippen LogP contribution in [0.5, 0.6) is 0 Å². The van der Waals surface area contributed by atoms with Crippen molar-refractivity contribution in [2.75, 3.05) is 11.1 Å². The first-order valence-electron chi connectivity index (χ1n) is 10.6.